The Morgan fingerprint density at radius 3 is 2.44 bits per heavy atom. The minimum atomic E-state index is -0.776. The molecular formula is C20H30FN3O3. The molecule has 0 spiro atoms. The fourth-order valence-corrected chi connectivity index (χ4v) is 4.58. The number of nitro groups is 1. The Morgan fingerprint density at radius 1 is 1.26 bits per heavy atom. The minimum Gasteiger partial charge on any atom is -0.381 e. The number of hydrogen-bond acceptors (Lipinski definition) is 5. The molecule has 0 unspecified atom stereocenters. The quantitative estimate of drug-likeness (QED) is 0.611. The zero-order chi connectivity index (χ0) is 19.6. The molecule has 1 aliphatic heterocycles. The largest absolute Gasteiger partial charge is 0.381 e. The summed E-state index contributed by atoms with van der Waals surface area (Å²) in [7, 11) is 1.79. The summed E-state index contributed by atoms with van der Waals surface area (Å²) in [6.45, 7) is 5.99. The number of hydrogen-bond donors (Lipinski definition) is 1. The van der Waals surface area contributed by atoms with Crippen LogP contribution in [0.3, 0.4) is 0 Å². The van der Waals surface area contributed by atoms with Crippen LogP contribution in [0.5, 0.6) is 0 Å². The number of likely N-dealkylation sites (tertiary alicyclic amines) is 1. The molecule has 150 valence electrons. The predicted octanol–water partition coefficient (Wildman–Crippen LogP) is 4.27. The monoisotopic (exact) mass is 379 g/mol. The van der Waals surface area contributed by atoms with E-state index in [4.69, 9.17) is 4.74 Å². The van der Waals surface area contributed by atoms with Gasteiger partial charge in [0, 0.05) is 31.8 Å². The minimum absolute atomic E-state index is 0.125. The molecule has 0 bridgehead atoms. The molecule has 2 aliphatic rings. The SMILES string of the molecule is COC1CCC(C)(N2CCC(Nc3cc(C)cc(F)c3[N+](=O)[O-])CC2)CC1. The molecule has 7 heteroatoms. The lowest BCUT2D eigenvalue weighted by atomic mass is 9.79. The van der Waals surface area contributed by atoms with Crippen LogP contribution >= 0.6 is 0 Å². The van der Waals surface area contributed by atoms with E-state index in [0.29, 0.717) is 17.4 Å². The molecule has 1 N–H and O–H groups in total. The third-order valence-electron chi connectivity index (χ3n) is 6.35. The zero-order valence-corrected chi connectivity index (χ0v) is 16.5. The van der Waals surface area contributed by atoms with Crippen molar-refractivity contribution in [3.63, 3.8) is 0 Å². The average molecular weight is 379 g/mol. The second-order valence-electron chi connectivity index (χ2n) is 8.24. The number of nitro benzene ring substituents is 1. The lowest BCUT2D eigenvalue weighted by molar-refractivity contribution is -0.386. The number of ether oxygens (including phenoxy) is 1. The van der Waals surface area contributed by atoms with Crippen LogP contribution in [-0.2, 0) is 4.74 Å². The van der Waals surface area contributed by atoms with Crippen molar-refractivity contribution in [1.29, 1.82) is 0 Å². The maximum absolute atomic E-state index is 14.0. The molecule has 0 radical (unpaired) electrons. The Balaban J connectivity index is 1.61. The third-order valence-corrected chi connectivity index (χ3v) is 6.35. The Hall–Kier alpha value is -1.73. The van der Waals surface area contributed by atoms with E-state index >= 15 is 0 Å². The van der Waals surface area contributed by atoms with Gasteiger partial charge in [0.2, 0.25) is 5.82 Å². The molecule has 1 saturated carbocycles. The van der Waals surface area contributed by atoms with Crippen molar-refractivity contribution >= 4 is 11.4 Å². The van der Waals surface area contributed by atoms with Crippen LogP contribution in [0, 0.1) is 22.9 Å². The number of benzene rings is 1. The standard InChI is InChI=1S/C20H30FN3O3/c1-14-12-17(21)19(24(25)26)18(13-14)22-15-6-10-23(11-7-15)20(2)8-4-16(27-3)5-9-20/h12-13,15-16,22H,4-11H2,1-3H3. The first-order valence-electron chi connectivity index (χ1n) is 9.81. The van der Waals surface area contributed by atoms with Gasteiger partial charge in [-0.15, -0.1) is 0 Å². The first-order valence-corrected chi connectivity index (χ1v) is 9.81. The summed E-state index contributed by atoms with van der Waals surface area (Å²) in [5.74, 6) is -0.776. The van der Waals surface area contributed by atoms with Crippen molar-refractivity contribution in [1.82, 2.24) is 4.90 Å². The van der Waals surface area contributed by atoms with Gasteiger partial charge in [0.25, 0.3) is 0 Å². The molecule has 0 aromatic heterocycles. The van der Waals surface area contributed by atoms with Crippen LogP contribution in [0.2, 0.25) is 0 Å². The van der Waals surface area contributed by atoms with Crippen LogP contribution in [0.4, 0.5) is 15.8 Å². The molecule has 1 saturated heterocycles. The van der Waals surface area contributed by atoms with Gasteiger partial charge in [0.05, 0.1) is 11.0 Å². The highest BCUT2D eigenvalue weighted by Gasteiger charge is 2.38. The van der Waals surface area contributed by atoms with E-state index in [2.05, 4.69) is 17.1 Å². The molecule has 1 aromatic rings. The summed E-state index contributed by atoms with van der Waals surface area (Å²) in [5.41, 5.74) is 0.734. The Kier molecular flexibility index (Phi) is 6.01. The van der Waals surface area contributed by atoms with Gasteiger partial charge in [-0.1, -0.05) is 0 Å². The molecule has 6 nitrogen and oxygen atoms in total. The van der Waals surface area contributed by atoms with Crippen molar-refractivity contribution in [3.05, 3.63) is 33.6 Å². The fraction of sp³-hybridized carbons (Fsp3) is 0.700. The van der Waals surface area contributed by atoms with Crippen molar-refractivity contribution in [2.45, 2.75) is 70.1 Å². The van der Waals surface area contributed by atoms with Gasteiger partial charge >= 0.3 is 5.69 Å². The van der Waals surface area contributed by atoms with Gasteiger partial charge in [-0.2, -0.15) is 4.39 Å². The van der Waals surface area contributed by atoms with Gasteiger partial charge in [0.15, 0.2) is 0 Å². The van der Waals surface area contributed by atoms with E-state index in [-0.39, 0.29) is 11.6 Å². The van der Waals surface area contributed by atoms with Gasteiger partial charge in [0.1, 0.15) is 5.69 Å². The zero-order valence-electron chi connectivity index (χ0n) is 16.5. The van der Waals surface area contributed by atoms with Crippen LogP contribution in [-0.4, -0.2) is 47.7 Å². The van der Waals surface area contributed by atoms with Crippen LogP contribution in [0.1, 0.15) is 51.0 Å². The molecule has 1 aromatic carbocycles. The number of piperidine rings is 1. The second kappa shape index (κ2) is 8.10. The van der Waals surface area contributed by atoms with Crippen molar-refractivity contribution in [2.24, 2.45) is 0 Å². The van der Waals surface area contributed by atoms with E-state index in [1.807, 2.05) is 0 Å². The predicted molar refractivity (Wildman–Crippen MR) is 104 cm³/mol. The first-order chi connectivity index (χ1) is 12.8. The Bertz CT molecular complexity index is 681. The second-order valence-corrected chi connectivity index (χ2v) is 8.24. The Morgan fingerprint density at radius 2 is 1.89 bits per heavy atom. The number of nitrogens with zero attached hydrogens (tertiary/aromatic N) is 2. The number of aryl methyl sites for hydroxylation is 1. The average Bonchev–Trinajstić information content (AvgIpc) is 2.62. The number of nitrogens with one attached hydrogen (secondary N) is 1. The van der Waals surface area contributed by atoms with Crippen LogP contribution in [0.25, 0.3) is 0 Å². The maximum Gasteiger partial charge on any atom is 0.327 e. The van der Waals surface area contributed by atoms with Crippen molar-refractivity contribution in [2.75, 3.05) is 25.5 Å². The highest BCUT2D eigenvalue weighted by atomic mass is 19.1. The molecule has 1 aliphatic carbocycles. The fourth-order valence-electron chi connectivity index (χ4n) is 4.58. The molecule has 0 amide bonds. The van der Waals surface area contributed by atoms with Crippen molar-refractivity contribution < 1.29 is 14.1 Å². The van der Waals surface area contributed by atoms with Crippen LogP contribution in [0.15, 0.2) is 12.1 Å². The lowest BCUT2D eigenvalue weighted by Crippen LogP contribution is -2.53. The smallest absolute Gasteiger partial charge is 0.327 e. The van der Waals surface area contributed by atoms with E-state index in [1.54, 1.807) is 20.1 Å². The van der Waals surface area contributed by atoms with Gasteiger partial charge < -0.3 is 10.1 Å². The van der Waals surface area contributed by atoms with E-state index in [1.165, 1.54) is 6.07 Å². The van der Waals surface area contributed by atoms with Crippen molar-refractivity contribution in [3.8, 4) is 0 Å². The van der Waals surface area contributed by atoms with Gasteiger partial charge in [-0.3, -0.25) is 15.0 Å². The molecule has 0 atom stereocenters. The Labute approximate surface area is 160 Å². The molecule has 2 fully saturated rings. The number of rotatable bonds is 5. The van der Waals surface area contributed by atoms with Gasteiger partial charge in [-0.05, 0) is 70.1 Å². The van der Waals surface area contributed by atoms with E-state index in [9.17, 15) is 14.5 Å². The summed E-state index contributed by atoms with van der Waals surface area (Å²) in [5, 5.41) is 14.5. The normalized spacial score (nSPS) is 27.5. The highest BCUT2D eigenvalue weighted by Crippen LogP contribution is 2.37. The number of methoxy groups -OCH3 is 1. The summed E-state index contributed by atoms with van der Waals surface area (Å²) in [6.07, 6.45) is 6.65. The highest BCUT2D eigenvalue weighted by molar-refractivity contribution is 5.64. The third kappa shape index (κ3) is 4.41. The summed E-state index contributed by atoms with van der Waals surface area (Å²) in [6, 6.07) is 3.00. The summed E-state index contributed by atoms with van der Waals surface area (Å²) in [4.78, 5) is 13.2. The summed E-state index contributed by atoms with van der Waals surface area (Å²) < 4.78 is 19.5. The number of halogens is 1. The van der Waals surface area contributed by atoms with E-state index < -0.39 is 16.4 Å². The lowest BCUT2D eigenvalue weighted by Gasteiger charge is -2.48. The molecule has 3 rings (SSSR count). The summed E-state index contributed by atoms with van der Waals surface area (Å²) >= 11 is 0. The molecule has 27 heavy (non-hydrogen) atoms. The molecule has 1 heterocycles. The first kappa shape index (κ1) is 20.0. The van der Waals surface area contributed by atoms with E-state index in [0.717, 1.165) is 51.6 Å². The topological polar surface area (TPSA) is 67.6 Å². The van der Waals surface area contributed by atoms with Crippen LogP contribution < -0.4 is 5.32 Å². The maximum atomic E-state index is 14.0. The molecular weight excluding hydrogens is 349 g/mol. The van der Waals surface area contributed by atoms with Gasteiger partial charge in [-0.25, -0.2) is 0 Å². The number of anilines is 1.